The topological polar surface area (TPSA) is 89.0 Å². The first-order valence-electron chi connectivity index (χ1n) is 7.84. The van der Waals surface area contributed by atoms with Crippen LogP contribution in [0.1, 0.15) is 10.4 Å². The van der Waals surface area contributed by atoms with E-state index in [0.717, 1.165) is 21.5 Å². The van der Waals surface area contributed by atoms with E-state index in [9.17, 15) is 13.2 Å². The minimum atomic E-state index is -3.51. The summed E-state index contributed by atoms with van der Waals surface area (Å²) in [5.74, 6) is -0.513. The number of anilines is 1. The molecule has 2 aromatic carbocycles. The fourth-order valence-electron chi connectivity index (χ4n) is 2.55. The summed E-state index contributed by atoms with van der Waals surface area (Å²) in [6, 6.07) is 13.9. The maximum atomic E-state index is 12.5. The second-order valence-electron chi connectivity index (χ2n) is 5.75. The number of para-hydroxylation sites is 1. The van der Waals surface area contributed by atoms with Gasteiger partial charge in [-0.05, 0) is 24.3 Å². The van der Waals surface area contributed by atoms with Crippen molar-refractivity contribution in [2.45, 2.75) is 4.90 Å². The van der Waals surface area contributed by atoms with Crippen LogP contribution in [0.3, 0.4) is 0 Å². The molecule has 0 aliphatic carbocycles. The zero-order chi connectivity index (χ0) is 19.0. The highest BCUT2D eigenvalue weighted by atomic mass is 32.2. The minimum Gasteiger partial charge on any atom is -0.298 e. The van der Waals surface area contributed by atoms with Gasteiger partial charge < -0.3 is 0 Å². The third-order valence-electron chi connectivity index (χ3n) is 3.77. The third-order valence-corrected chi connectivity index (χ3v) is 6.74. The second kappa shape index (κ2) is 6.84. The first-order chi connectivity index (χ1) is 12.9. The average molecular weight is 416 g/mol. The van der Waals surface area contributed by atoms with Crippen molar-refractivity contribution in [1.82, 2.24) is 9.97 Å². The van der Waals surface area contributed by atoms with Crippen molar-refractivity contribution in [2.75, 3.05) is 11.6 Å². The van der Waals surface area contributed by atoms with Crippen LogP contribution in [0.25, 0.3) is 20.9 Å². The van der Waals surface area contributed by atoms with Crippen LogP contribution in [-0.2, 0) is 9.84 Å². The first kappa shape index (κ1) is 17.8. The van der Waals surface area contributed by atoms with Gasteiger partial charge in [-0.3, -0.25) is 10.1 Å². The fourth-order valence-corrected chi connectivity index (χ4v) is 5.13. The molecule has 0 atom stereocenters. The molecule has 4 aromatic rings. The Balaban J connectivity index is 1.61. The van der Waals surface area contributed by atoms with Gasteiger partial charge in [0, 0.05) is 11.6 Å². The molecule has 4 rings (SSSR count). The Morgan fingerprint density at radius 2 is 1.78 bits per heavy atom. The lowest BCUT2D eigenvalue weighted by atomic mass is 10.2. The Morgan fingerprint density at radius 3 is 2.56 bits per heavy atom. The van der Waals surface area contributed by atoms with Crippen LogP contribution >= 0.6 is 22.7 Å². The van der Waals surface area contributed by atoms with Gasteiger partial charge in [0.1, 0.15) is 10.7 Å². The van der Waals surface area contributed by atoms with Crippen LogP contribution in [0.2, 0.25) is 0 Å². The van der Waals surface area contributed by atoms with Gasteiger partial charge in [0.2, 0.25) is 0 Å². The lowest BCUT2D eigenvalue weighted by molar-refractivity contribution is 0.102. The van der Waals surface area contributed by atoms with Gasteiger partial charge in [-0.15, -0.1) is 22.7 Å². The molecular formula is C18H13N3O3S3. The van der Waals surface area contributed by atoms with Crippen LogP contribution in [0, 0.1) is 0 Å². The number of sulfone groups is 1. The number of rotatable bonds is 4. The molecule has 1 amide bonds. The second-order valence-corrected chi connectivity index (χ2v) is 9.62. The highest BCUT2D eigenvalue weighted by Gasteiger charge is 2.19. The molecule has 2 heterocycles. The summed E-state index contributed by atoms with van der Waals surface area (Å²) in [6.45, 7) is 0. The van der Waals surface area contributed by atoms with Crippen LogP contribution in [0.5, 0.6) is 0 Å². The van der Waals surface area contributed by atoms with Crippen molar-refractivity contribution in [3.63, 3.8) is 0 Å². The van der Waals surface area contributed by atoms with E-state index in [2.05, 4.69) is 15.3 Å². The number of amides is 1. The molecule has 0 aliphatic rings. The van der Waals surface area contributed by atoms with Gasteiger partial charge in [-0.2, -0.15) is 0 Å². The zero-order valence-electron chi connectivity index (χ0n) is 14.0. The third kappa shape index (κ3) is 3.61. The number of benzene rings is 2. The molecule has 0 saturated heterocycles. The molecule has 0 radical (unpaired) electrons. The number of nitrogens with zero attached hydrogens (tertiary/aromatic N) is 2. The Morgan fingerprint density at radius 1 is 1.04 bits per heavy atom. The summed E-state index contributed by atoms with van der Waals surface area (Å²) in [5.41, 5.74) is 1.67. The summed E-state index contributed by atoms with van der Waals surface area (Å²) in [6.07, 6.45) is 1.08. The average Bonchev–Trinajstić information content (AvgIpc) is 3.27. The number of aromatic nitrogens is 2. The molecule has 0 spiro atoms. The summed E-state index contributed by atoms with van der Waals surface area (Å²) >= 11 is 2.79. The predicted octanol–water partition coefficient (Wildman–Crippen LogP) is 4.08. The number of carbonyl (C=O) groups excluding carboxylic acids is 1. The maximum Gasteiger partial charge on any atom is 0.258 e. The standard InChI is InChI=1S/C18H13N3O3S3/c1-27(23,24)15-9-5-2-6-11(15)16(22)21-18-20-13(10-25-18)17-19-12-7-3-4-8-14(12)26-17/h2-10H,1H3,(H,20,21,22). The Bertz CT molecular complexity index is 1230. The van der Waals surface area contributed by atoms with Gasteiger partial charge >= 0.3 is 0 Å². The van der Waals surface area contributed by atoms with Crippen molar-refractivity contribution >= 4 is 53.8 Å². The molecule has 0 aliphatic heterocycles. The molecule has 1 N–H and O–H groups in total. The van der Waals surface area contributed by atoms with Crippen LogP contribution in [-0.4, -0.2) is 30.5 Å². The van der Waals surface area contributed by atoms with E-state index in [1.165, 1.54) is 34.8 Å². The molecule has 0 bridgehead atoms. The van der Waals surface area contributed by atoms with E-state index in [-0.39, 0.29) is 10.5 Å². The van der Waals surface area contributed by atoms with Crippen molar-refractivity contribution in [3.8, 4) is 10.7 Å². The number of fused-ring (bicyclic) bond motifs is 1. The number of hydrogen-bond acceptors (Lipinski definition) is 7. The van der Waals surface area contributed by atoms with Crippen molar-refractivity contribution in [2.24, 2.45) is 0 Å². The quantitative estimate of drug-likeness (QED) is 0.543. The summed E-state index contributed by atoms with van der Waals surface area (Å²) in [5, 5.41) is 5.65. The van der Waals surface area contributed by atoms with Gasteiger partial charge in [0.15, 0.2) is 15.0 Å². The highest BCUT2D eigenvalue weighted by molar-refractivity contribution is 7.90. The highest BCUT2D eigenvalue weighted by Crippen LogP contribution is 2.32. The largest absolute Gasteiger partial charge is 0.298 e. The molecular weight excluding hydrogens is 402 g/mol. The van der Waals surface area contributed by atoms with E-state index in [1.807, 2.05) is 29.6 Å². The molecule has 0 unspecified atom stereocenters. The van der Waals surface area contributed by atoms with E-state index in [1.54, 1.807) is 12.1 Å². The molecule has 136 valence electrons. The Labute approximate surface area is 163 Å². The molecule has 6 nitrogen and oxygen atoms in total. The molecule has 0 fully saturated rings. The summed E-state index contributed by atoms with van der Waals surface area (Å²) in [4.78, 5) is 21.5. The first-order valence-corrected chi connectivity index (χ1v) is 11.4. The van der Waals surface area contributed by atoms with Crippen molar-refractivity contribution in [3.05, 3.63) is 59.5 Å². The Kier molecular flexibility index (Phi) is 4.50. The Hall–Kier alpha value is -2.62. The molecule has 9 heteroatoms. The number of hydrogen-bond donors (Lipinski definition) is 1. The smallest absolute Gasteiger partial charge is 0.258 e. The molecule has 27 heavy (non-hydrogen) atoms. The molecule has 0 saturated carbocycles. The fraction of sp³-hybridized carbons (Fsp3) is 0.0556. The number of carbonyl (C=O) groups is 1. The van der Waals surface area contributed by atoms with E-state index < -0.39 is 15.7 Å². The van der Waals surface area contributed by atoms with Gasteiger partial charge in [0.25, 0.3) is 5.91 Å². The van der Waals surface area contributed by atoms with Crippen molar-refractivity contribution in [1.29, 1.82) is 0 Å². The zero-order valence-corrected chi connectivity index (χ0v) is 16.5. The van der Waals surface area contributed by atoms with Gasteiger partial charge in [-0.1, -0.05) is 24.3 Å². The lowest BCUT2D eigenvalue weighted by Crippen LogP contribution is -2.15. The lowest BCUT2D eigenvalue weighted by Gasteiger charge is -2.06. The predicted molar refractivity (Wildman–Crippen MR) is 108 cm³/mol. The van der Waals surface area contributed by atoms with E-state index in [0.29, 0.717) is 10.8 Å². The normalized spacial score (nSPS) is 11.6. The monoisotopic (exact) mass is 415 g/mol. The molecule has 2 aromatic heterocycles. The minimum absolute atomic E-state index is 0.00884. The van der Waals surface area contributed by atoms with Crippen LogP contribution in [0.4, 0.5) is 5.13 Å². The van der Waals surface area contributed by atoms with Crippen molar-refractivity contribution < 1.29 is 13.2 Å². The van der Waals surface area contributed by atoms with E-state index >= 15 is 0 Å². The SMILES string of the molecule is CS(=O)(=O)c1ccccc1C(=O)Nc1nc(-c2nc3ccccc3s2)cs1. The van der Waals surface area contributed by atoms with E-state index in [4.69, 9.17) is 0 Å². The summed E-state index contributed by atoms with van der Waals surface area (Å²) in [7, 11) is -3.51. The van der Waals surface area contributed by atoms with Gasteiger partial charge in [0.05, 0.1) is 20.7 Å². The number of nitrogens with one attached hydrogen (secondary N) is 1. The van der Waals surface area contributed by atoms with Crippen LogP contribution in [0.15, 0.2) is 58.8 Å². The van der Waals surface area contributed by atoms with Crippen LogP contribution < -0.4 is 5.32 Å². The summed E-state index contributed by atoms with van der Waals surface area (Å²) < 4.78 is 24.8. The van der Waals surface area contributed by atoms with Gasteiger partial charge in [-0.25, -0.2) is 18.4 Å². The maximum absolute atomic E-state index is 12.5. The number of thiazole rings is 2.